The van der Waals surface area contributed by atoms with E-state index in [0.29, 0.717) is 0 Å². The molecule has 0 N–H and O–H groups in total. The molecule has 0 aliphatic rings. The van der Waals surface area contributed by atoms with Crippen LogP contribution < -0.4 is 24.0 Å². The summed E-state index contributed by atoms with van der Waals surface area (Å²) in [5.74, 6) is 0. The predicted molar refractivity (Wildman–Crippen MR) is 81.7 cm³/mol. The first-order chi connectivity index (χ1) is 0. The predicted octanol–water partition coefficient (Wildman–Crippen LogP) is -0.708. The molecule has 4 heteroatoms. The number of halogens is 2. The van der Waals surface area contributed by atoms with Crippen LogP contribution in [0.5, 0.6) is 0 Å². The van der Waals surface area contributed by atoms with Gasteiger partial charge in [0.05, 0.1) is 0 Å². The summed E-state index contributed by atoms with van der Waals surface area (Å²) in [4.78, 5) is 0. The zero-order chi connectivity index (χ0) is 0. The van der Waals surface area contributed by atoms with Gasteiger partial charge in [-0.1, -0.05) is 71.6 Å². The minimum atomic E-state index is 0. The maximum atomic E-state index is 0. The van der Waals surface area contributed by atoms with Crippen LogP contribution in [-0.2, 0) is 27.0 Å². The van der Waals surface area contributed by atoms with E-state index in [0.717, 1.165) is 0 Å². The monoisotopic (exact) mass is 423 g/mol. The van der Waals surface area contributed by atoms with E-state index >= 15 is 0 Å². The Morgan fingerprint density at radius 1 is 0.400 bits per heavy atom. The molecule has 0 fully saturated rings. The third-order valence-corrected chi connectivity index (χ3v) is 0. The fraction of sp³-hybridized carbons (Fsp3) is 1.00. The summed E-state index contributed by atoms with van der Waals surface area (Å²) in [7, 11) is 0. The summed E-state index contributed by atoms with van der Waals surface area (Å²) >= 11 is 0. The van der Waals surface area contributed by atoms with Crippen molar-refractivity contribution in [2.75, 3.05) is 0 Å². The van der Waals surface area contributed by atoms with Crippen molar-refractivity contribution in [3.05, 3.63) is 0 Å². The molecule has 80 valence electrons. The van der Waals surface area contributed by atoms with Crippen molar-refractivity contribution in [1.29, 1.82) is 0 Å². The van der Waals surface area contributed by atoms with E-state index in [2.05, 4.69) is 0 Å². The lowest BCUT2D eigenvalue weighted by Crippen LogP contribution is -3.00. The first kappa shape index (κ1) is 325. The first-order valence-electron chi connectivity index (χ1n) is 0. The summed E-state index contributed by atoms with van der Waals surface area (Å²) in [6.07, 6.45) is 0. The quantitative estimate of drug-likeness (QED) is 0.357. The summed E-state index contributed by atoms with van der Waals surface area (Å²) in [5, 5.41) is 0. The average molecular weight is 423 g/mol. The molecule has 0 saturated carbocycles. The Hall–Kier alpha value is 2.16. The van der Waals surface area contributed by atoms with Gasteiger partial charge in [-0.2, -0.15) is 0 Å². The van der Waals surface area contributed by atoms with Crippen LogP contribution in [0.4, 0.5) is 0 Å². The van der Waals surface area contributed by atoms with Gasteiger partial charge in [0.2, 0.25) is 24.0 Å². The SMILES string of the molecule is C.C.C.C.C.C.I.[IH2+].[SH3+].[SH3+]. The van der Waals surface area contributed by atoms with E-state index in [-0.39, 0.29) is 120 Å². The third-order valence-electron chi connectivity index (χ3n) is 0. The molecule has 0 saturated heterocycles. The maximum absolute atomic E-state index is 0. The Bertz CT molecular complexity index is 13.7. The molecule has 0 aromatic rings. The maximum Gasteiger partial charge on any atom is 0.235 e. The molecule has 0 rings (SSSR count). The van der Waals surface area contributed by atoms with Crippen LogP contribution in [0.3, 0.4) is 0 Å². The second-order valence-corrected chi connectivity index (χ2v) is 0. The van der Waals surface area contributed by atoms with Crippen LogP contribution in [0.2, 0.25) is 0 Å². The van der Waals surface area contributed by atoms with Gasteiger partial charge in [-0.25, -0.2) is 0 Å². The average Bonchev–Trinajstić information content (AvgIpc) is 0. The number of rotatable bonds is 0. The van der Waals surface area contributed by atoms with Gasteiger partial charge in [0.25, 0.3) is 0 Å². The van der Waals surface area contributed by atoms with Gasteiger partial charge in [0.1, 0.15) is 0 Å². The van der Waals surface area contributed by atoms with Crippen molar-refractivity contribution < 1.29 is 24.0 Å². The molecular formula is C6H33I2S2+3. The molecule has 10 heavy (non-hydrogen) atoms. The summed E-state index contributed by atoms with van der Waals surface area (Å²) in [6.45, 7) is 0. The highest BCUT2D eigenvalue weighted by Crippen LogP contribution is 0.886. The fourth-order valence-electron chi connectivity index (χ4n) is 0. The Morgan fingerprint density at radius 2 is 0.400 bits per heavy atom. The van der Waals surface area contributed by atoms with Gasteiger partial charge in [-0.05, 0) is 0 Å². The van der Waals surface area contributed by atoms with E-state index in [1.807, 2.05) is 0 Å². The molecule has 0 heterocycles. The molecule has 0 amide bonds. The second kappa shape index (κ2) is 247. The molecule has 0 spiro atoms. The van der Waals surface area contributed by atoms with Crippen molar-refractivity contribution >= 4 is 51.0 Å². The van der Waals surface area contributed by atoms with Crippen LogP contribution in [0.1, 0.15) is 44.6 Å². The largest absolute Gasteiger partial charge is 0.235 e. The molecular weight excluding hydrogens is 390 g/mol. The van der Waals surface area contributed by atoms with E-state index < -0.39 is 0 Å². The Morgan fingerprint density at radius 3 is 0.400 bits per heavy atom. The third kappa shape index (κ3) is 183. The van der Waals surface area contributed by atoms with Crippen LogP contribution in [0.15, 0.2) is 0 Å². The van der Waals surface area contributed by atoms with Crippen LogP contribution in [-0.4, -0.2) is 0 Å². The molecule has 0 radical (unpaired) electrons. The summed E-state index contributed by atoms with van der Waals surface area (Å²) in [5.41, 5.74) is 0. The first-order valence-corrected chi connectivity index (χ1v) is 0. The molecule has 0 aliphatic carbocycles. The van der Waals surface area contributed by atoms with Gasteiger partial charge in [0, 0.05) is 0 Å². The van der Waals surface area contributed by atoms with Crippen LogP contribution in [0.25, 0.3) is 0 Å². The normalized spacial score (nSPS) is 0. The Balaban J connectivity index is 0. The van der Waals surface area contributed by atoms with Gasteiger partial charge in [0.15, 0.2) is 0 Å². The van der Waals surface area contributed by atoms with Crippen molar-refractivity contribution in [3.63, 3.8) is 0 Å². The van der Waals surface area contributed by atoms with Crippen LogP contribution >= 0.6 is 24.0 Å². The zero-order valence-corrected chi connectivity index (χ0v) is 9.20. The lowest BCUT2D eigenvalue weighted by atomic mass is 12.0. The van der Waals surface area contributed by atoms with Gasteiger partial charge in [-0.15, -0.1) is 24.0 Å². The van der Waals surface area contributed by atoms with Gasteiger partial charge < -0.3 is 0 Å². The highest BCUT2D eigenvalue weighted by molar-refractivity contribution is 14.0. The van der Waals surface area contributed by atoms with E-state index in [1.54, 1.807) is 0 Å². The lowest BCUT2D eigenvalue weighted by Gasteiger charge is -0.108. The van der Waals surface area contributed by atoms with E-state index in [9.17, 15) is 0 Å². The Labute approximate surface area is 118 Å². The molecule has 0 nitrogen and oxygen atoms in total. The Kier molecular flexibility index (Phi) is 8010. The molecule has 0 aromatic heterocycles. The van der Waals surface area contributed by atoms with Gasteiger partial charge in [-0.3, -0.25) is 0 Å². The molecule has 0 aromatic carbocycles. The summed E-state index contributed by atoms with van der Waals surface area (Å²) < 4.78 is 0. The van der Waals surface area contributed by atoms with E-state index in [1.165, 1.54) is 0 Å². The van der Waals surface area contributed by atoms with Crippen molar-refractivity contribution in [3.8, 4) is 0 Å². The van der Waals surface area contributed by atoms with Crippen LogP contribution in [0, 0.1) is 0 Å². The number of hydrogen-bond acceptors (Lipinski definition) is 0. The highest BCUT2D eigenvalue weighted by Gasteiger charge is 0.235. The summed E-state index contributed by atoms with van der Waals surface area (Å²) in [6, 6.07) is 0. The zero-order valence-electron chi connectivity index (χ0n) is 2.01. The minimum absolute atomic E-state index is 0. The van der Waals surface area contributed by atoms with Crippen molar-refractivity contribution in [2.45, 2.75) is 44.6 Å². The molecule has 0 unspecified atom stereocenters. The molecule has 0 bridgehead atoms. The molecule has 0 atom stereocenters. The minimum Gasteiger partial charge on any atom is -0.107 e. The smallest absolute Gasteiger partial charge is 0.107 e. The van der Waals surface area contributed by atoms with E-state index in [4.69, 9.17) is 0 Å². The van der Waals surface area contributed by atoms with Gasteiger partial charge >= 0.3 is 0 Å². The topological polar surface area (TPSA) is 0 Å². The highest BCUT2D eigenvalue weighted by atomic mass is 127. The van der Waals surface area contributed by atoms with Crippen molar-refractivity contribution in [2.24, 2.45) is 0 Å². The fourth-order valence-corrected chi connectivity index (χ4v) is 0. The lowest BCUT2D eigenvalue weighted by molar-refractivity contribution is -0.00000273. The van der Waals surface area contributed by atoms with Crippen molar-refractivity contribution in [1.82, 2.24) is 0 Å². The molecule has 0 aliphatic heterocycles. The standard InChI is InChI=1S/6CH4.H2I.HI.2H2S/h6*1H4;1H2;1H;2*1H2/q;;;;;;+1;;;/p+2. The second-order valence-electron chi connectivity index (χ2n) is 0. The number of hydrogen-bond donors (Lipinski definition) is 0.